The predicted octanol–water partition coefficient (Wildman–Crippen LogP) is 3.66. The van der Waals surface area contributed by atoms with Crippen LogP contribution in [0.25, 0.3) is 22.2 Å². The molecule has 4 N–H and O–H groups in total. The highest BCUT2D eigenvalue weighted by molar-refractivity contribution is 7.92. The summed E-state index contributed by atoms with van der Waals surface area (Å²) in [7, 11) is -1.87. The van der Waals surface area contributed by atoms with Crippen molar-refractivity contribution in [3.8, 4) is 17.0 Å². The van der Waals surface area contributed by atoms with Crippen LogP contribution in [0.5, 0.6) is 5.75 Å². The largest absolute Gasteiger partial charge is 0.487 e. The molecular weight excluding hydrogens is 487 g/mol. The third kappa shape index (κ3) is 5.23. The molecule has 2 aromatic carbocycles. The number of pyridine rings is 1. The van der Waals surface area contributed by atoms with Crippen LogP contribution in [-0.2, 0) is 28.5 Å². The number of hydrogen-bond acceptors (Lipinski definition) is 7. The zero-order valence-electron chi connectivity index (χ0n) is 19.9. The van der Waals surface area contributed by atoms with E-state index in [1.54, 1.807) is 42.1 Å². The highest BCUT2D eigenvalue weighted by Crippen LogP contribution is 2.38. The van der Waals surface area contributed by atoms with E-state index in [0.717, 1.165) is 0 Å². The molecule has 1 amide bonds. The quantitative estimate of drug-likeness (QED) is 0.327. The third-order valence-corrected chi connectivity index (χ3v) is 6.70. The van der Waals surface area contributed by atoms with Gasteiger partial charge >= 0.3 is 0 Å². The number of hydrogen-bond donors (Lipinski definition) is 3. The van der Waals surface area contributed by atoms with Gasteiger partial charge < -0.3 is 15.8 Å². The van der Waals surface area contributed by atoms with Crippen LogP contribution in [0.1, 0.15) is 19.4 Å². The van der Waals surface area contributed by atoms with Crippen LogP contribution in [0.3, 0.4) is 0 Å². The summed E-state index contributed by atoms with van der Waals surface area (Å²) in [5, 5.41) is 7.84. The molecule has 0 fully saturated rings. The minimum atomic E-state index is -3.59. The molecule has 4 rings (SSSR count). The maximum Gasteiger partial charge on any atom is 0.232 e. The number of ether oxygens (including phenoxy) is 1. The van der Waals surface area contributed by atoms with E-state index in [2.05, 4.69) is 20.1 Å². The number of nitrogens with two attached hydrogens (primary N) is 1. The second kappa shape index (κ2) is 9.82. The molecular formula is C24H25FN6O4S. The van der Waals surface area contributed by atoms with Crippen molar-refractivity contribution in [2.75, 3.05) is 21.5 Å². The number of aryl methyl sites for hydroxylation is 1. The van der Waals surface area contributed by atoms with E-state index in [9.17, 15) is 17.6 Å². The van der Waals surface area contributed by atoms with E-state index in [1.165, 1.54) is 32.2 Å². The van der Waals surface area contributed by atoms with Crippen LogP contribution in [0, 0.1) is 5.82 Å². The van der Waals surface area contributed by atoms with Crippen LogP contribution < -0.4 is 20.5 Å². The van der Waals surface area contributed by atoms with Gasteiger partial charge in [0.15, 0.2) is 0 Å². The molecule has 0 radical (unpaired) electrons. The number of anilines is 3. The normalized spacial score (nSPS) is 11.4. The second-order valence-electron chi connectivity index (χ2n) is 8.07. The summed E-state index contributed by atoms with van der Waals surface area (Å²) >= 11 is 0. The molecule has 0 saturated heterocycles. The molecule has 0 aliphatic rings. The number of sulfonamides is 1. The van der Waals surface area contributed by atoms with Crippen LogP contribution in [0.4, 0.5) is 21.6 Å². The first-order valence-corrected chi connectivity index (χ1v) is 12.6. The number of amides is 1. The van der Waals surface area contributed by atoms with Crippen molar-refractivity contribution in [2.45, 2.75) is 20.5 Å². The van der Waals surface area contributed by atoms with E-state index in [1.807, 2.05) is 0 Å². The van der Waals surface area contributed by atoms with E-state index in [0.29, 0.717) is 33.4 Å². The molecule has 0 aliphatic heterocycles. The standard InChI is InChI=1S/C24H25FN6O4S/c1-4-36(33,34)30-18-10-7-16(11-20(18)35-13-15-5-8-17(25)9-6-15)22-21-23(31(3)29-22)19(28-14(2)32)12-27-24(21)26/h5-12,30H,4,13H2,1-3H3,(H2,26,27)(H,28,32). The van der Waals surface area contributed by atoms with Crippen molar-refractivity contribution in [1.29, 1.82) is 0 Å². The fraction of sp³-hybridized carbons (Fsp3) is 0.208. The molecule has 0 atom stereocenters. The number of nitrogens with one attached hydrogen (secondary N) is 2. The molecule has 2 heterocycles. The summed E-state index contributed by atoms with van der Waals surface area (Å²) in [6, 6.07) is 10.7. The molecule has 4 aromatic rings. The Hall–Kier alpha value is -4.19. The lowest BCUT2D eigenvalue weighted by molar-refractivity contribution is -0.114. The summed E-state index contributed by atoms with van der Waals surface area (Å²) in [4.78, 5) is 15.9. The van der Waals surface area contributed by atoms with Crippen molar-refractivity contribution < 1.29 is 22.3 Å². The molecule has 0 aliphatic carbocycles. The molecule has 12 heteroatoms. The van der Waals surface area contributed by atoms with Crippen LogP contribution in [0.15, 0.2) is 48.7 Å². The van der Waals surface area contributed by atoms with Gasteiger partial charge in [-0.2, -0.15) is 5.10 Å². The Kier molecular flexibility index (Phi) is 6.80. The van der Waals surface area contributed by atoms with Gasteiger partial charge in [0.2, 0.25) is 15.9 Å². The first kappa shape index (κ1) is 24.9. The van der Waals surface area contributed by atoms with Crippen molar-refractivity contribution in [1.82, 2.24) is 14.8 Å². The van der Waals surface area contributed by atoms with Crippen molar-refractivity contribution >= 4 is 44.0 Å². The van der Waals surface area contributed by atoms with Gasteiger partial charge in [-0.15, -0.1) is 0 Å². The summed E-state index contributed by atoms with van der Waals surface area (Å²) in [5.74, 6) is -0.298. The molecule has 0 unspecified atom stereocenters. The molecule has 36 heavy (non-hydrogen) atoms. The average Bonchev–Trinajstić information content (AvgIpc) is 3.19. The lowest BCUT2D eigenvalue weighted by atomic mass is 10.1. The zero-order valence-corrected chi connectivity index (χ0v) is 20.7. The van der Waals surface area contributed by atoms with Gasteiger partial charge in [0.1, 0.15) is 29.7 Å². The molecule has 0 saturated carbocycles. The van der Waals surface area contributed by atoms with Crippen molar-refractivity contribution in [3.63, 3.8) is 0 Å². The monoisotopic (exact) mass is 512 g/mol. The Morgan fingerprint density at radius 2 is 1.89 bits per heavy atom. The summed E-state index contributed by atoms with van der Waals surface area (Å²) in [5.41, 5.74) is 9.23. The number of aromatic nitrogens is 3. The molecule has 10 nitrogen and oxygen atoms in total. The fourth-order valence-electron chi connectivity index (χ4n) is 3.67. The lowest BCUT2D eigenvalue weighted by Crippen LogP contribution is -2.15. The van der Waals surface area contributed by atoms with Gasteiger partial charge in [-0.1, -0.05) is 18.2 Å². The van der Waals surface area contributed by atoms with Gasteiger partial charge in [-0.3, -0.25) is 14.2 Å². The molecule has 0 bridgehead atoms. The fourth-order valence-corrected chi connectivity index (χ4v) is 4.32. The van der Waals surface area contributed by atoms with E-state index in [-0.39, 0.29) is 41.3 Å². The molecule has 2 aromatic heterocycles. The smallest absolute Gasteiger partial charge is 0.232 e. The van der Waals surface area contributed by atoms with Gasteiger partial charge in [0.05, 0.1) is 34.2 Å². The van der Waals surface area contributed by atoms with Crippen LogP contribution in [0.2, 0.25) is 0 Å². The SMILES string of the molecule is CCS(=O)(=O)Nc1ccc(-c2nn(C)c3c(NC(C)=O)cnc(N)c23)cc1OCc1ccc(F)cc1. The number of nitrogen functional groups attached to an aromatic ring is 1. The van der Waals surface area contributed by atoms with Crippen LogP contribution in [-0.4, -0.2) is 34.8 Å². The van der Waals surface area contributed by atoms with Crippen LogP contribution >= 0.6 is 0 Å². The molecule has 0 spiro atoms. The summed E-state index contributed by atoms with van der Waals surface area (Å²) in [6.45, 7) is 2.99. The number of rotatable bonds is 8. The minimum Gasteiger partial charge on any atom is -0.487 e. The summed E-state index contributed by atoms with van der Waals surface area (Å²) in [6.07, 6.45) is 1.46. The van der Waals surface area contributed by atoms with Crippen molar-refractivity contribution in [3.05, 3.63) is 60.0 Å². The Balaban J connectivity index is 1.81. The summed E-state index contributed by atoms with van der Waals surface area (Å²) < 4.78 is 47.8. The van der Waals surface area contributed by atoms with E-state index < -0.39 is 10.0 Å². The number of nitrogens with zero attached hydrogens (tertiary/aromatic N) is 3. The zero-order chi connectivity index (χ0) is 26.0. The first-order valence-electron chi connectivity index (χ1n) is 11.0. The Bertz CT molecular complexity index is 1550. The number of halogens is 1. The van der Waals surface area contributed by atoms with E-state index >= 15 is 0 Å². The van der Waals surface area contributed by atoms with Gasteiger partial charge in [0.25, 0.3) is 0 Å². The lowest BCUT2D eigenvalue weighted by Gasteiger charge is -2.15. The maximum absolute atomic E-state index is 13.3. The molecule has 188 valence electrons. The number of carbonyl (C=O) groups excluding carboxylic acids is 1. The number of fused-ring (bicyclic) bond motifs is 1. The highest BCUT2D eigenvalue weighted by atomic mass is 32.2. The maximum atomic E-state index is 13.3. The van der Waals surface area contributed by atoms with Gasteiger partial charge in [-0.25, -0.2) is 17.8 Å². The minimum absolute atomic E-state index is 0.0733. The van der Waals surface area contributed by atoms with Gasteiger partial charge in [-0.05, 0) is 36.8 Å². The predicted molar refractivity (Wildman–Crippen MR) is 136 cm³/mol. The second-order valence-corrected chi connectivity index (χ2v) is 10.1. The number of carbonyl (C=O) groups is 1. The highest BCUT2D eigenvalue weighted by Gasteiger charge is 2.20. The third-order valence-electron chi connectivity index (χ3n) is 5.41. The first-order chi connectivity index (χ1) is 17.1. The van der Waals surface area contributed by atoms with Gasteiger partial charge in [0, 0.05) is 19.5 Å². The average molecular weight is 513 g/mol. The van der Waals surface area contributed by atoms with Crippen molar-refractivity contribution in [2.24, 2.45) is 7.05 Å². The van der Waals surface area contributed by atoms with E-state index in [4.69, 9.17) is 10.5 Å². The topological polar surface area (TPSA) is 141 Å². The Morgan fingerprint density at radius 3 is 2.56 bits per heavy atom. The number of benzene rings is 2. The Labute approximate surface area is 207 Å². The Morgan fingerprint density at radius 1 is 1.17 bits per heavy atom.